The Morgan fingerprint density at radius 2 is 1.80 bits per heavy atom. The van der Waals surface area contributed by atoms with Crippen molar-refractivity contribution in [3.63, 3.8) is 0 Å². The number of hydrogen-bond acceptors (Lipinski definition) is 5. The minimum absolute atomic E-state index is 0.266. The monoisotopic (exact) mass is 279 g/mol. The molecule has 5 heteroatoms. The van der Waals surface area contributed by atoms with E-state index in [0.717, 1.165) is 19.6 Å². The van der Waals surface area contributed by atoms with E-state index in [0.29, 0.717) is 12.4 Å². The van der Waals surface area contributed by atoms with Crippen LogP contribution in [0.25, 0.3) is 0 Å². The second-order valence-corrected chi connectivity index (χ2v) is 4.25. The molecule has 1 aromatic carbocycles. The largest absolute Gasteiger partial charge is 0.491 e. The highest BCUT2D eigenvalue weighted by atomic mass is 16.6. The van der Waals surface area contributed by atoms with Crippen molar-refractivity contribution in [2.75, 3.05) is 26.2 Å². The van der Waals surface area contributed by atoms with Crippen molar-refractivity contribution >= 4 is 11.9 Å². The van der Waals surface area contributed by atoms with Crippen LogP contribution >= 0.6 is 0 Å². The number of para-hydroxylation sites is 1. The summed E-state index contributed by atoms with van der Waals surface area (Å²) in [6.07, 6.45) is 0. The molecular weight excluding hydrogens is 258 g/mol. The van der Waals surface area contributed by atoms with Crippen molar-refractivity contribution in [3.8, 4) is 5.75 Å². The maximum Gasteiger partial charge on any atom is 0.349 e. The Bertz CT molecular complexity index is 455. The summed E-state index contributed by atoms with van der Waals surface area (Å²) >= 11 is 0. The Labute approximate surface area is 119 Å². The molecule has 0 N–H and O–H groups in total. The smallest absolute Gasteiger partial charge is 0.349 e. The van der Waals surface area contributed by atoms with Crippen LogP contribution in [0.1, 0.15) is 31.1 Å². The molecule has 0 saturated heterocycles. The summed E-state index contributed by atoms with van der Waals surface area (Å²) in [6, 6.07) is 6.75. The lowest BCUT2D eigenvalue weighted by atomic mass is 10.2. The highest BCUT2D eigenvalue weighted by Crippen LogP contribution is 2.19. The third-order valence-corrected chi connectivity index (χ3v) is 2.90. The summed E-state index contributed by atoms with van der Waals surface area (Å²) in [7, 11) is 0. The first kappa shape index (κ1) is 16.2. The Balaban J connectivity index is 2.66. The molecule has 0 radical (unpaired) electrons. The minimum Gasteiger partial charge on any atom is -0.491 e. The molecule has 0 unspecified atom stereocenters. The molecule has 110 valence electrons. The van der Waals surface area contributed by atoms with Gasteiger partial charge in [-0.15, -0.1) is 0 Å². The molecule has 0 aliphatic carbocycles. The molecular formula is C15H21NO4. The summed E-state index contributed by atoms with van der Waals surface area (Å²) in [5.41, 5.74) is 0.266. The highest BCUT2D eigenvalue weighted by molar-refractivity contribution is 5.98. The van der Waals surface area contributed by atoms with Crippen molar-refractivity contribution < 1.29 is 19.1 Å². The standard InChI is InChI=1S/C15H21NO4/c1-4-16(5-2)10-11-19-14-9-7-6-8-13(14)15(18)20-12(3)17/h6-9H,4-5,10-11H2,1-3H3. The van der Waals surface area contributed by atoms with Gasteiger partial charge >= 0.3 is 11.9 Å². The van der Waals surface area contributed by atoms with Gasteiger partial charge in [0.05, 0.1) is 0 Å². The number of likely N-dealkylation sites (N-methyl/N-ethyl adjacent to an activating group) is 1. The lowest BCUT2D eigenvalue weighted by Crippen LogP contribution is -2.28. The van der Waals surface area contributed by atoms with Gasteiger partial charge in [0.2, 0.25) is 0 Å². The van der Waals surface area contributed by atoms with Gasteiger partial charge < -0.3 is 14.4 Å². The number of nitrogens with zero attached hydrogens (tertiary/aromatic N) is 1. The summed E-state index contributed by atoms with van der Waals surface area (Å²) in [6.45, 7) is 8.53. The zero-order valence-electron chi connectivity index (χ0n) is 12.2. The number of esters is 2. The molecule has 0 aliphatic rings. The fourth-order valence-corrected chi connectivity index (χ4v) is 1.77. The average Bonchev–Trinajstić information content (AvgIpc) is 2.43. The van der Waals surface area contributed by atoms with Gasteiger partial charge in [0.1, 0.15) is 17.9 Å². The van der Waals surface area contributed by atoms with Crippen LogP contribution in [0, 0.1) is 0 Å². The van der Waals surface area contributed by atoms with Gasteiger partial charge in [-0.3, -0.25) is 4.79 Å². The van der Waals surface area contributed by atoms with E-state index in [-0.39, 0.29) is 5.56 Å². The van der Waals surface area contributed by atoms with Crippen LogP contribution in [0.15, 0.2) is 24.3 Å². The Morgan fingerprint density at radius 1 is 1.15 bits per heavy atom. The molecule has 0 heterocycles. The van der Waals surface area contributed by atoms with E-state index in [4.69, 9.17) is 4.74 Å². The Kier molecular flexibility index (Phi) is 6.73. The van der Waals surface area contributed by atoms with Gasteiger partial charge in [0, 0.05) is 13.5 Å². The minimum atomic E-state index is -0.684. The van der Waals surface area contributed by atoms with Crippen molar-refractivity contribution in [2.24, 2.45) is 0 Å². The molecule has 5 nitrogen and oxygen atoms in total. The van der Waals surface area contributed by atoms with Crippen molar-refractivity contribution in [1.82, 2.24) is 4.90 Å². The van der Waals surface area contributed by atoms with Crippen LogP contribution in [-0.4, -0.2) is 43.1 Å². The van der Waals surface area contributed by atoms with Gasteiger partial charge in [-0.2, -0.15) is 0 Å². The summed E-state index contributed by atoms with van der Waals surface area (Å²) in [5, 5.41) is 0. The number of benzene rings is 1. The van der Waals surface area contributed by atoms with E-state index in [1.165, 1.54) is 6.92 Å². The molecule has 0 bridgehead atoms. The molecule has 20 heavy (non-hydrogen) atoms. The van der Waals surface area contributed by atoms with Gasteiger partial charge in [-0.1, -0.05) is 26.0 Å². The number of rotatable bonds is 7. The van der Waals surface area contributed by atoms with E-state index < -0.39 is 11.9 Å². The second kappa shape index (κ2) is 8.32. The third kappa shape index (κ3) is 5.01. The van der Waals surface area contributed by atoms with Crippen LogP contribution in [-0.2, 0) is 9.53 Å². The zero-order chi connectivity index (χ0) is 15.0. The van der Waals surface area contributed by atoms with Crippen molar-refractivity contribution in [1.29, 1.82) is 0 Å². The number of hydrogen-bond donors (Lipinski definition) is 0. The Hall–Kier alpha value is -1.88. The lowest BCUT2D eigenvalue weighted by molar-refractivity contribution is -0.135. The second-order valence-electron chi connectivity index (χ2n) is 4.25. The van der Waals surface area contributed by atoms with E-state index >= 15 is 0 Å². The molecule has 0 saturated carbocycles. The molecule has 0 aromatic heterocycles. The third-order valence-electron chi connectivity index (χ3n) is 2.90. The molecule has 0 atom stereocenters. The first-order valence-electron chi connectivity index (χ1n) is 6.75. The average molecular weight is 279 g/mol. The fraction of sp³-hybridized carbons (Fsp3) is 0.467. The van der Waals surface area contributed by atoms with E-state index in [1.54, 1.807) is 24.3 Å². The number of ether oxygens (including phenoxy) is 2. The predicted octanol–water partition coefficient (Wildman–Crippen LogP) is 2.11. The molecule has 0 amide bonds. The van der Waals surface area contributed by atoms with Crippen LogP contribution in [0.3, 0.4) is 0 Å². The van der Waals surface area contributed by atoms with Crippen LogP contribution in [0.5, 0.6) is 5.75 Å². The first-order chi connectivity index (χ1) is 9.58. The summed E-state index contributed by atoms with van der Waals surface area (Å²) in [4.78, 5) is 24.8. The molecule has 0 spiro atoms. The quantitative estimate of drug-likeness (QED) is 0.565. The van der Waals surface area contributed by atoms with Gasteiger partial charge in [-0.25, -0.2) is 4.79 Å². The number of carbonyl (C=O) groups excluding carboxylic acids is 2. The maximum atomic E-state index is 11.8. The van der Waals surface area contributed by atoms with Crippen molar-refractivity contribution in [2.45, 2.75) is 20.8 Å². The topological polar surface area (TPSA) is 55.8 Å². The molecule has 1 rings (SSSR count). The van der Waals surface area contributed by atoms with Gasteiger partial charge in [0.15, 0.2) is 0 Å². The number of carbonyl (C=O) groups is 2. The fourth-order valence-electron chi connectivity index (χ4n) is 1.77. The summed E-state index contributed by atoms with van der Waals surface area (Å²) < 4.78 is 10.2. The van der Waals surface area contributed by atoms with Gasteiger partial charge in [-0.05, 0) is 25.2 Å². The van der Waals surface area contributed by atoms with E-state index in [2.05, 4.69) is 23.5 Å². The van der Waals surface area contributed by atoms with Gasteiger partial charge in [0.25, 0.3) is 0 Å². The van der Waals surface area contributed by atoms with Crippen molar-refractivity contribution in [3.05, 3.63) is 29.8 Å². The first-order valence-corrected chi connectivity index (χ1v) is 6.75. The van der Waals surface area contributed by atoms with Crippen LogP contribution < -0.4 is 4.74 Å². The predicted molar refractivity (Wildman–Crippen MR) is 75.8 cm³/mol. The van der Waals surface area contributed by atoms with Crippen LogP contribution in [0.4, 0.5) is 0 Å². The molecule has 0 aliphatic heterocycles. The van der Waals surface area contributed by atoms with E-state index in [1.807, 2.05) is 0 Å². The zero-order valence-corrected chi connectivity index (χ0v) is 12.2. The van der Waals surface area contributed by atoms with Crippen LogP contribution in [0.2, 0.25) is 0 Å². The SMILES string of the molecule is CCN(CC)CCOc1ccccc1C(=O)OC(C)=O. The molecule has 0 fully saturated rings. The van der Waals surface area contributed by atoms with E-state index in [9.17, 15) is 9.59 Å². The Morgan fingerprint density at radius 3 is 2.40 bits per heavy atom. The highest BCUT2D eigenvalue weighted by Gasteiger charge is 2.15. The summed E-state index contributed by atoms with van der Waals surface area (Å²) in [5.74, 6) is -0.880. The normalized spacial score (nSPS) is 10.4. The maximum absolute atomic E-state index is 11.8. The molecule has 1 aromatic rings. The lowest BCUT2D eigenvalue weighted by Gasteiger charge is -2.18.